The summed E-state index contributed by atoms with van der Waals surface area (Å²) in [5.74, 6) is 0.824. The van der Waals surface area contributed by atoms with Gasteiger partial charge in [-0.3, -0.25) is 4.79 Å². The predicted octanol–water partition coefficient (Wildman–Crippen LogP) is 3.91. The first-order chi connectivity index (χ1) is 11.2. The number of anilines is 1. The predicted molar refractivity (Wildman–Crippen MR) is 95.8 cm³/mol. The fraction of sp³-hybridized carbons (Fsp3) is 0.650. The summed E-state index contributed by atoms with van der Waals surface area (Å²) in [6, 6.07) is 9.84. The van der Waals surface area contributed by atoms with E-state index in [-0.39, 0.29) is 5.91 Å². The molecular weight excluding hydrogens is 284 g/mol. The quantitative estimate of drug-likeness (QED) is 0.863. The molecule has 2 aliphatic heterocycles. The molecule has 126 valence electrons. The highest BCUT2D eigenvalue weighted by Gasteiger charge is 2.34. The Labute approximate surface area is 140 Å². The van der Waals surface area contributed by atoms with Crippen molar-refractivity contribution >= 4 is 11.6 Å². The van der Waals surface area contributed by atoms with Gasteiger partial charge >= 0.3 is 0 Å². The van der Waals surface area contributed by atoms with Crippen molar-refractivity contribution in [3.63, 3.8) is 0 Å². The number of hydrogen-bond acceptors (Lipinski definition) is 2. The fourth-order valence-corrected chi connectivity index (χ4v) is 4.14. The lowest BCUT2D eigenvalue weighted by Crippen LogP contribution is -2.40. The molecule has 0 radical (unpaired) electrons. The van der Waals surface area contributed by atoms with E-state index < -0.39 is 0 Å². The molecule has 3 heteroatoms. The van der Waals surface area contributed by atoms with Gasteiger partial charge in [0.05, 0.1) is 0 Å². The van der Waals surface area contributed by atoms with Gasteiger partial charge in [-0.1, -0.05) is 25.5 Å². The van der Waals surface area contributed by atoms with Crippen LogP contribution in [0.2, 0.25) is 0 Å². The van der Waals surface area contributed by atoms with Gasteiger partial charge in [0, 0.05) is 31.2 Å². The van der Waals surface area contributed by atoms with Crippen molar-refractivity contribution in [1.82, 2.24) is 5.32 Å². The molecule has 2 heterocycles. The standard InChI is InChI=1S/C20H30N2O/c1-3-4-5-15-6-10-19(11-7-15)22(2)20(23)14-16-12-17-8-9-18(13-16)21-17/h6-7,10-11,16-18,21H,3-5,8-9,12-14H2,1-2H3. The van der Waals surface area contributed by atoms with E-state index >= 15 is 0 Å². The van der Waals surface area contributed by atoms with E-state index in [1.165, 1.54) is 44.1 Å². The Morgan fingerprint density at radius 3 is 2.43 bits per heavy atom. The van der Waals surface area contributed by atoms with Gasteiger partial charge in [0.25, 0.3) is 0 Å². The molecule has 2 saturated heterocycles. The highest BCUT2D eigenvalue weighted by Crippen LogP contribution is 2.33. The first-order valence-corrected chi connectivity index (χ1v) is 9.27. The maximum atomic E-state index is 12.6. The number of fused-ring (bicyclic) bond motifs is 2. The van der Waals surface area contributed by atoms with Gasteiger partial charge < -0.3 is 10.2 Å². The molecule has 3 nitrogen and oxygen atoms in total. The number of hydrogen-bond donors (Lipinski definition) is 1. The summed E-state index contributed by atoms with van der Waals surface area (Å²) in [5.41, 5.74) is 2.39. The van der Waals surface area contributed by atoms with Crippen LogP contribution >= 0.6 is 0 Å². The smallest absolute Gasteiger partial charge is 0.226 e. The topological polar surface area (TPSA) is 32.3 Å². The third-order valence-electron chi connectivity index (χ3n) is 5.55. The van der Waals surface area contributed by atoms with Gasteiger partial charge in [0.1, 0.15) is 0 Å². The molecule has 0 saturated carbocycles. The van der Waals surface area contributed by atoms with Crippen LogP contribution in [0.5, 0.6) is 0 Å². The number of aryl methyl sites for hydroxylation is 1. The first kappa shape index (κ1) is 16.5. The van der Waals surface area contributed by atoms with Gasteiger partial charge in [-0.25, -0.2) is 0 Å². The molecule has 1 amide bonds. The van der Waals surface area contributed by atoms with Gasteiger partial charge in [0.15, 0.2) is 0 Å². The maximum Gasteiger partial charge on any atom is 0.226 e. The average molecular weight is 314 g/mol. The van der Waals surface area contributed by atoms with Crippen LogP contribution in [0, 0.1) is 5.92 Å². The van der Waals surface area contributed by atoms with Crippen LogP contribution in [0.4, 0.5) is 5.69 Å². The van der Waals surface area contributed by atoms with E-state index in [2.05, 4.69) is 36.5 Å². The molecule has 0 spiro atoms. The van der Waals surface area contributed by atoms with Crippen LogP contribution < -0.4 is 10.2 Å². The summed E-state index contributed by atoms with van der Waals surface area (Å²) < 4.78 is 0. The van der Waals surface area contributed by atoms with E-state index in [9.17, 15) is 4.79 Å². The minimum absolute atomic E-state index is 0.262. The third-order valence-corrected chi connectivity index (χ3v) is 5.55. The van der Waals surface area contributed by atoms with Gasteiger partial charge in [-0.05, 0) is 62.1 Å². The molecule has 23 heavy (non-hydrogen) atoms. The van der Waals surface area contributed by atoms with Gasteiger partial charge in [-0.15, -0.1) is 0 Å². The molecule has 1 N–H and O–H groups in total. The number of carbonyl (C=O) groups is 1. The molecule has 1 aromatic carbocycles. The van der Waals surface area contributed by atoms with Crippen LogP contribution in [0.3, 0.4) is 0 Å². The second-order valence-corrected chi connectivity index (χ2v) is 7.40. The van der Waals surface area contributed by atoms with Crippen molar-refractivity contribution in [2.24, 2.45) is 5.92 Å². The number of amides is 1. The molecule has 0 aliphatic carbocycles. The number of unbranched alkanes of at least 4 members (excludes halogenated alkanes) is 1. The van der Waals surface area contributed by atoms with E-state index in [1.54, 1.807) is 0 Å². The highest BCUT2D eigenvalue weighted by atomic mass is 16.2. The number of piperidine rings is 1. The second-order valence-electron chi connectivity index (χ2n) is 7.40. The summed E-state index contributed by atoms with van der Waals surface area (Å²) in [5, 5.41) is 3.65. The van der Waals surface area contributed by atoms with E-state index in [0.717, 1.165) is 12.1 Å². The Morgan fingerprint density at radius 1 is 1.17 bits per heavy atom. The van der Waals surface area contributed by atoms with Crippen molar-refractivity contribution in [2.75, 3.05) is 11.9 Å². The van der Waals surface area contributed by atoms with Crippen molar-refractivity contribution in [1.29, 1.82) is 0 Å². The maximum absolute atomic E-state index is 12.6. The van der Waals surface area contributed by atoms with Crippen LogP contribution in [0.1, 0.15) is 57.4 Å². The van der Waals surface area contributed by atoms with E-state index in [0.29, 0.717) is 24.4 Å². The monoisotopic (exact) mass is 314 g/mol. The van der Waals surface area contributed by atoms with Crippen LogP contribution in [-0.4, -0.2) is 25.0 Å². The Kier molecular flexibility index (Phi) is 5.37. The summed E-state index contributed by atoms with van der Waals surface area (Å²) in [6.45, 7) is 2.22. The third kappa shape index (κ3) is 4.14. The molecule has 1 aromatic rings. The van der Waals surface area contributed by atoms with Crippen LogP contribution in [0.25, 0.3) is 0 Å². The fourth-order valence-electron chi connectivity index (χ4n) is 4.14. The van der Waals surface area contributed by atoms with Gasteiger partial charge in [0.2, 0.25) is 5.91 Å². The van der Waals surface area contributed by atoms with E-state index in [1.807, 2.05) is 11.9 Å². The Morgan fingerprint density at radius 2 is 1.83 bits per heavy atom. The summed E-state index contributed by atoms with van der Waals surface area (Å²) in [6.07, 6.45) is 9.21. The van der Waals surface area contributed by atoms with E-state index in [4.69, 9.17) is 0 Å². The molecule has 2 aliphatic rings. The van der Waals surface area contributed by atoms with Gasteiger partial charge in [-0.2, -0.15) is 0 Å². The SMILES string of the molecule is CCCCc1ccc(N(C)C(=O)CC2CC3CCC(C2)N3)cc1. The zero-order chi connectivity index (χ0) is 16.2. The Balaban J connectivity index is 1.54. The highest BCUT2D eigenvalue weighted by molar-refractivity contribution is 5.92. The zero-order valence-electron chi connectivity index (χ0n) is 14.6. The van der Waals surface area contributed by atoms with Crippen LogP contribution in [0.15, 0.2) is 24.3 Å². The zero-order valence-corrected chi connectivity index (χ0v) is 14.6. The molecule has 0 aromatic heterocycles. The first-order valence-electron chi connectivity index (χ1n) is 9.27. The molecule has 2 unspecified atom stereocenters. The lowest BCUT2D eigenvalue weighted by molar-refractivity contribution is -0.119. The minimum Gasteiger partial charge on any atom is -0.315 e. The number of carbonyl (C=O) groups excluding carboxylic acids is 1. The Bertz CT molecular complexity index is 513. The number of rotatable bonds is 6. The average Bonchev–Trinajstić information content (AvgIpc) is 2.91. The van der Waals surface area contributed by atoms with Crippen LogP contribution in [-0.2, 0) is 11.2 Å². The lowest BCUT2D eigenvalue weighted by atomic mass is 9.89. The van der Waals surface area contributed by atoms with Crippen molar-refractivity contribution in [2.45, 2.75) is 70.4 Å². The molecule has 2 bridgehead atoms. The number of benzene rings is 1. The second kappa shape index (κ2) is 7.48. The van der Waals surface area contributed by atoms with Crippen molar-refractivity contribution < 1.29 is 4.79 Å². The minimum atomic E-state index is 0.262. The molecule has 2 fully saturated rings. The van der Waals surface area contributed by atoms with Crippen molar-refractivity contribution in [3.8, 4) is 0 Å². The molecule has 3 rings (SSSR count). The normalized spacial score (nSPS) is 26.3. The molecular formula is C20H30N2O. The van der Waals surface area contributed by atoms with Crippen molar-refractivity contribution in [3.05, 3.63) is 29.8 Å². The number of nitrogens with one attached hydrogen (secondary N) is 1. The Hall–Kier alpha value is -1.35. The summed E-state index contributed by atoms with van der Waals surface area (Å²) in [7, 11) is 1.92. The largest absolute Gasteiger partial charge is 0.315 e. The number of nitrogens with zero attached hydrogens (tertiary/aromatic N) is 1. The lowest BCUT2D eigenvalue weighted by Gasteiger charge is -2.30. The summed E-state index contributed by atoms with van der Waals surface area (Å²) in [4.78, 5) is 14.4. The molecule has 2 atom stereocenters. The summed E-state index contributed by atoms with van der Waals surface area (Å²) >= 11 is 0.